The molecule has 7 nitrogen and oxygen atoms in total. The minimum Gasteiger partial charge on any atom is -0.452 e. The number of benzene rings is 1. The molecule has 0 unspecified atom stereocenters. The first-order valence-electron chi connectivity index (χ1n) is 4.58. The van der Waals surface area contributed by atoms with Crippen LogP contribution in [0.15, 0.2) is 18.2 Å². The Hall–Kier alpha value is -1.96. The normalized spacial score (nSPS) is 10.7. The lowest BCUT2D eigenvalue weighted by Crippen LogP contribution is -2.35. The van der Waals surface area contributed by atoms with Crippen LogP contribution in [0.3, 0.4) is 0 Å². The molecule has 1 rings (SSSR count). The predicted octanol–water partition coefficient (Wildman–Crippen LogP) is 0.590. The molecule has 0 heterocycles. The molecule has 0 bridgehead atoms. The molecule has 0 aliphatic carbocycles. The highest BCUT2D eigenvalue weighted by Crippen LogP contribution is 2.18. The molecule has 0 aliphatic heterocycles. The van der Waals surface area contributed by atoms with E-state index in [4.69, 9.17) is 5.73 Å². The number of carbonyl (C=O) groups excluding carboxylic acids is 1. The van der Waals surface area contributed by atoms with Gasteiger partial charge in [0.05, 0.1) is 12.8 Å². The summed E-state index contributed by atoms with van der Waals surface area (Å²) in [6.45, 7) is 1.69. The van der Waals surface area contributed by atoms with Crippen LogP contribution in [-0.4, -0.2) is 21.6 Å². The molecule has 0 saturated carbocycles. The van der Waals surface area contributed by atoms with Crippen molar-refractivity contribution in [3.63, 3.8) is 0 Å². The SMILES string of the molecule is COC(=O)NS(=O)(=O)Nc1ccc(N)cc1C. The summed E-state index contributed by atoms with van der Waals surface area (Å²) >= 11 is 0. The molecule has 17 heavy (non-hydrogen) atoms. The highest BCUT2D eigenvalue weighted by atomic mass is 32.2. The molecule has 0 fully saturated rings. The van der Waals surface area contributed by atoms with Crippen molar-refractivity contribution < 1.29 is 17.9 Å². The summed E-state index contributed by atoms with van der Waals surface area (Å²) in [7, 11) is -2.93. The summed E-state index contributed by atoms with van der Waals surface area (Å²) in [6, 6.07) is 4.65. The van der Waals surface area contributed by atoms with Crippen LogP contribution in [0.1, 0.15) is 5.56 Å². The van der Waals surface area contributed by atoms with Gasteiger partial charge in [0, 0.05) is 5.69 Å². The molecule has 94 valence electrons. The average Bonchev–Trinajstić information content (AvgIpc) is 2.21. The second-order valence-corrected chi connectivity index (χ2v) is 4.69. The average molecular weight is 259 g/mol. The topological polar surface area (TPSA) is 111 Å². The fourth-order valence-corrected chi connectivity index (χ4v) is 2.00. The van der Waals surface area contributed by atoms with Crippen molar-refractivity contribution in [2.24, 2.45) is 0 Å². The Bertz CT molecular complexity index is 527. The van der Waals surface area contributed by atoms with Crippen molar-refractivity contribution in [3.8, 4) is 0 Å². The minimum absolute atomic E-state index is 0.329. The molecule has 8 heteroatoms. The maximum atomic E-state index is 11.5. The van der Waals surface area contributed by atoms with Gasteiger partial charge in [0.15, 0.2) is 0 Å². The molecule has 1 amide bonds. The van der Waals surface area contributed by atoms with Crippen LogP contribution in [-0.2, 0) is 14.9 Å². The zero-order valence-electron chi connectivity index (χ0n) is 9.35. The summed E-state index contributed by atoms with van der Waals surface area (Å²) in [5, 5.41) is 0. The molecular weight excluding hydrogens is 246 g/mol. The van der Waals surface area contributed by atoms with Gasteiger partial charge in [-0.25, -0.2) is 9.52 Å². The second-order valence-electron chi connectivity index (χ2n) is 3.27. The third-order valence-electron chi connectivity index (χ3n) is 1.90. The minimum atomic E-state index is -4.00. The number of carbonyl (C=O) groups is 1. The van der Waals surface area contributed by atoms with Gasteiger partial charge in [-0.05, 0) is 30.7 Å². The first kappa shape index (κ1) is 13.1. The molecule has 0 radical (unpaired) electrons. The molecule has 0 spiro atoms. The van der Waals surface area contributed by atoms with Crippen molar-refractivity contribution in [2.75, 3.05) is 17.6 Å². The number of anilines is 2. The summed E-state index contributed by atoms with van der Waals surface area (Å²) in [6.07, 6.45) is -1.06. The molecule has 1 aromatic carbocycles. The van der Waals surface area contributed by atoms with Crippen LogP contribution >= 0.6 is 0 Å². The zero-order valence-corrected chi connectivity index (χ0v) is 10.2. The molecular formula is C9H13N3O4S. The Labute approximate surface area is 99.1 Å². The van der Waals surface area contributed by atoms with Crippen molar-refractivity contribution in [1.29, 1.82) is 0 Å². The Balaban J connectivity index is 2.87. The van der Waals surface area contributed by atoms with Gasteiger partial charge < -0.3 is 10.5 Å². The Morgan fingerprint density at radius 1 is 1.41 bits per heavy atom. The zero-order chi connectivity index (χ0) is 13.1. The van der Waals surface area contributed by atoms with E-state index in [1.165, 1.54) is 6.07 Å². The largest absolute Gasteiger partial charge is 0.452 e. The van der Waals surface area contributed by atoms with E-state index >= 15 is 0 Å². The lowest BCUT2D eigenvalue weighted by Gasteiger charge is -2.11. The van der Waals surface area contributed by atoms with Crippen LogP contribution in [0.2, 0.25) is 0 Å². The van der Waals surface area contributed by atoms with Gasteiger partial charge in [-0.1, -0.05) is 0 Å². The van der Waals surface area contributed by atoms with E-state index in [1.54, 1.807) is 23.8 Å². The quantitative estimate of drug-likeness (QED) is 0.688. The number of methoxy groups -OCH3 is 1. The number of hydrogen-bond acceptors (Lipinski definition) is 5. The summed E-state index contributed by atoms with van der Waals surface area (Å²) < 4.78 is 30.9. The number of aryl methyl sites for hydroxylation is 1. The lowest BCUT2D eigenvalue weighted by molar-refractivity contribution is 0.177. The van der Waals surface area contributed by atoms with E-state index in [1.807, 2.05) is 0 Å². The molecule has 0 aliphatic rings. The van der Waals surface area contributed by atoms with Crippen LogP contribution in [0, 0.1) is 6.92 Å². The Morgan fingerprint density at radius 2 is 2.06 bits per heavy atom. The number of rotatable bonds is 3. The van der Waals surface area contributed by atoms with E-state index in [9.17, 15) is 13.2 Å². The molecule has 0 aromatic heterocycles. The molecule has 4 N–H and O–H groups in total. The number of nitrogen functional groups attached to an aromatic ring is 1. The Morgan fingerprint density at radius 3 is 2.59 bits per heavy atom. The van der Waals surface area contributed by atoms with E-state index in [0.29, 0.717) is 16.9 Å². The fraction of sp³-hybridized carbons (Fsp3) is 0.222. The third kappa shape index (κ3) is 3.83. The van der Waals surface area contributed by atoms with Gasteiger partial charge in [0.2, 0.25) is 0 Å². The van der Waals surface area contributed by atoms with Gasteiger partial charge in [-0.3, -0.25) is 4.72 Å². The standard InChI is InChI=1S/C9H13N3O4S/c1-6-5-7(10)3-4-8(6)11-17(14,15)12-9(13)16-2/h3-5,11H,10H2,1-2H3,(H,12,13). The van der Waals surface area contributed by atoms with Gasteiger partial charge in [-0.15, -0.1) is 0 Å². The highest BCUT2D eigenvalue weighted by Gasteiger charge is 2.15. The fourth-order valence-electron chi connectivity index (χ4n) is 1.12. The number of nitrogens with two attached hydrogens (primary N) is 1. The van der Waals surface area contributed by atoms with Crippen molar-refractivity contribution in [3.05, 3.63) is 23.8 Å². The summed E-state index contributed by atoms with van der Waals surface area (Å²) in [5.41, 5.74) is 7.01. The number of nitrogens with one attached hydrogen (secondary N) is 2. The predicted molar refractivity (Wildman–Crippen MR) is 63.7 cm³/mol. The van der Waals surface area contributed by atoms with E-state index in [2.05, 4.69) is 9.46 Å². The van der Waals surface area contributed by atoms with Crippen LogP contribution < -0.4 is 15.2 Å². The number of hydrogen-bond donors (Lipinski definition) is 3. The van der Waals surface area contributed by atoms with Gasteiger partial charge in [-0.2, -0.15) is 8.42 Å². The highest BCUT2D eigenvalue weighted by molar-refractivity contribution is 7.91. The van der Waals surface area contributed by atoms with E-state index in [-0.39, 0.29) is 0 Å². The van der Waals surface area contributed by atoms with Crippen molar-refractivity contribution in [2.45, 2.75) is 6.92 Å². The molecule has 0 atom stereocenters. The van der Waals surface area contributed by atoms with Gasteiger partial charge in [0.1, 0.15) is 0 Å². The first-order valence-corrected chi connectivity index (χ1v) is 6.07. The monoisotopic (exact) mass is 259 g/mol. The maximum Gasteiger partial charge on any atom is 0.422 e. The number of ether oxygens (including phenoxy) is 1. The van der Waals surface area contributed by atoms with Crippen molar-refractivity contribution in [1.82, 2.24) is 4.72 Å². The van der Waals surface area contributed by atoms with E-state index in [0.717, 1.165) is 7.11 Å². The lowest BCUT2D eigenvalue weighted by atomic mass is 10.2. The van der Waals surface area contributed by atoms with E-state index < -0.39 is 16.3 Å². The smallest absolute Gasteiger partial charge is 0.422 e. The molecule has 0 saturated heterocycles. The van der Waals surface area contributed by atoms with Crippen LogP contribution in [0.5, 0.6) is 0 Å². The van der Waals surface area contributed by atoms with Crippen LogP contribution in [0.4, 0.5) is 16.2 Å². The van der Waals surface area contributed by atoms with Crippen LogP contribution in [0.25, 0.3) is 0 Å². The molecule has 1 aromatic rings. The summed E-state index contributed by atoms with van der Waals surface area (Å²) in [5.74, 6) is 0. The van der Waals surface area contributed by atoms with Gasteiger partial charge in [0.25, 0.3) is 0 Å². The van der Waals surface area contributed by atoms with Gasteiger partial charge >= 0.3 is 16.3 Å². The van der Waals surface area contributed by atoms with Crippen molar-refractivity contribution >= 4 is 27.7 Å². The third-order valence-corrected chi connectivity index (χ3v) is 2.82. The Kier molecular flexibility index (Phi) is 3.79. The second kappa shape index (κ2) is 4.91. The first-order chi connectivity index (χ1) is 7.84. The summed E-state index contributed by atoms with van der Waals surface area (Å²) in [4.78, 5) is 10.8. The maximum absolute atomic E-state index is 11.5. The number of amides is 1.